The maximum absolute atomic E-state index is 12.4. The summed E-state index contributed by atoms with van der Waals surface area (Å²) in [5.41, 5.74) is -0.0512. The van der Waals surface area contributed by atoms with E-state index in [2.05, 4.69) is 10.3 Å². The first-order valence-electron chi connectivity index (χ1n) is 6.01. The molecular formula is C13H12F3N3. The molecule has 1 aromatic heterocycles. The number of halogens is 3. The van der Waals surface area contributed by atoms with E-state index in [1.165, 1.54) is 12.1 Å². The Bertz CT molecular complexity index is 568. The second-order valence-corrected chi connectivity index (χ2v) is 4.59. The molecule has 1 aliphatic carbocycles. The van der Waals surface area contributed by atoms with Gasteiger partial charge in [-0.15, -0.1) is 0 Å². The molecule has 0 unspecified atom stereocenters. The maximum Gasteiger partial charge on any atom is 0.416 e. The van der Waals surface area contributed by atoms with Crippen LogP contribution in [0.2, 0.25) is 0 Å². The molecule has 2 aromatic rings. The van der Waals surface area contributed by atoms with Gasteiger partial charge >= 0.3 is 6.18 Å². The number of hydrogen-bond acceptors (Lipinski definition) is 2. The Morgan fingerprint density at radius 1 is 1.16 bits per heavy atom. The van der Waals surface area contributed by atoms with E-state index in [-0.39, 0.29) is 0 Å². The van der Waals surface area contributed by atoms with Gasteiger partial charge in [-0.25, -0.2) is 4.98 Å². The van der Waals surface area contributed by atoms with Crippen LogP contribution in [-0.2, 0) is 6.18 Å². The predicted molar refractivity (Wildman–Crippen MR) is 65.2 cm³/mol. The Morgan fingerprint density at radius 2 is 1.84 bits per heavy atom. The number of aromatic nitrogens is 2. The molecule has 0 saturated heterocycles. The lowest BCUT2D eigenvalue weighted by atomic mass is 10.2. The van der Waals surface area contributed by atoms with Gasteiger partial charge in [-0.1, -0.05) is 0 Å². The Labute approximate surface area is 108 Å². The molecule has 1 aliphatic rings. The summed E-state index contributed by atoms with van der Waals surface area (Å²) in [5.74, 6) is 0.669. The lowest BCUT2D eigenvalue weighted by Crippen LogP contribution is -2.05. The monoisotopic (exact) mass is 267 g/mol. The van der Waals surface area contributed by atoms with Crippen LogP contribution in [0.3, 0.4) is 0 Å². The molecule has 3 nitrogen and oxygen atoms in total. The van der Waals surface area contributed by atoms with Crippen LogP contribution in [0.15, 0.2) is 36.7 Å². The van der Waals surface area contributed by atoms with E-state index in [1.807, 2.05) is 10.8 Å². The number of nitrogens with one attached hydrogen (secondary N) is 1. The first-order chi connectivity index (χ1) is 9.04. The van der Waals surface area contributed by atoms with Gasteiger partial charge in [0.1, 0.15) is 0 Å². The van der Waals surface area contributed by atoms with Crippen molar-refractivity contribution in [3.63, 3.8) is 0 Å². The van der Waals surface area contributed by atoms with Crippen molar-refractivity contribution in [2.75, 3.05) is 5.32 Å². The zero-order valence-corrected chi connectivity index (χ0v) is 9.98. The molecule has 1 N–H and O–H groups in total. The quantitative estimate of drug-likeness (QED) is 0.911. The first kappa shape index (κ1) is 12.1. The SMILES string of the molecule is FC(F)(F)c1ccc(Nc2nccn2C2CC2)cc1. The smallest absolute Gasteiger partial charge is 0.326 e. The van der Waals surface area contributed by atoms with E-state index >= 15 is 0 Å². The van der Waals surface area contributed by atoms with Crippen LogP contribution >= 0.6 is 0 Å². The molecule has 1 fully saturated rings. The summed E-state index contributed by atoms with van der Waals surface area (Å²) in [6.45, 7) is 0. The number of hydrogen-bond donors (Lipinski definition) is 1. The highest BCUT2D eigenvalue weighted by Gasteiger charge is 2.30. The fraction of sp³-hybridized carbons (Fsp3) is 0.308. The molecular weight excluding hydrogens is 255 g/mol. The van der Waals surface area contributed by atoms with Crippen LogP contribution in [0, 0.1) is 0 Å². The minimum absolute atomic E-state index is 0.472. The molecule has 3 rings (SSSR count). The number of alkyl halides is 3. The number of nitrogens with zero attached hydrogens (tertiary/aromatic N) is 2. The summed E-state index contributed by atoms with van der Waals surface area (Å²) in [7, 11) is 0. The van der Waals surface area contributed by atoms with Crippen LogP contribution < -0.4 is 5.32 Å². The van der Waals surface area contributed by atoms with E-state index in [0.29, 0.717) is 17.7 Å². The van der Waals surface area contributed by atoms with E-state index in [9.17, 15) is 13.2 Å². The first-order valence-corrected chi connectivity index (χ1v) is 6.01. The third-order valence-electron chi connectivity index (χ3n) is 3.08. The Balaban J connectivity index is 1.78. The van der Waals surface area contributed by atoms with Gasteiger partial charge in [0, 0.05) is 24.1 Å². The molecule has 0 aliphatic heterocycles. The van der Waals surface area contributed by atoms with Crippen molar-refractivity contribution in [2.24, 2.45) is 0 Å². The van der Waals surface area contributed by atoms with E-state index < -0.39 is 11.7 Å². The van der Waals surface area contributed by atoms with Crippen molar-refractivity contribution in [3.8, 4) is 0 Å². The van der Waals surface area contributed by atoms with Gasteiger partial charge in [0.2, 0.25) is 5.95 Å². The Kier molecular flexibility index (Phi) is 2.73. The minimum atomic E-state index is -4.30. The predicted octanol–water partition coefficient (Wildman–Crippen LogP) is 3.98. The molecule has 0 atom stereocenters. The molecule has 19 heavy (non-hydrogen) atoms. The molecule has 0 spiro atoms. The third kappa shape index (κ3) is 2.57. The summed E-state index contributed by atoms with van der Waals surface area (Å²) >= 11 is 0. The highest BCUT2D eigenvalue weighted by atomic mass is 19.4. The van der Waals surface area contributed by atoms with E-state index in [1.54, 1.807) is 6.20 Å². The second-order valence-electron chi connectivity index (χ2n) is 4.59. The zero-order chi connectivity index (χ0) is 13.5. The lowest BCUT2D eigenvalue weighted by molar-refractivity contribution is -0.137. The summed E-state index contributed by atoms with van der Waals surface area (Å²) in [6, 6.07) is 5.42. The molecule has 6 heteroatoms. The van der Waals surface area contributed by atoms with Crippen molar-refractivity contribution in [1.29, 1.82) is 0 Å². The average molecular weight is 267 g/mol. The van der Waals surface area contributed by atoms with Gasteiger partial charge in [0.25, 0.3) is 0 Å². The fourth-order valence-corrected chi connectivity index (χ4v) is 1.93. The second kappa shape index (κ2) is 4.29. The molecule has 0 radical (unpaired) electrons. The lowest BCUT2D eigenvalue weighted by Gasteiger charge is -2.10. The molecule has 1 heterocycles. The fourth-order valence-electron chi connectivity index (χ4n) is 1.93. The number of benzene rings is 1. The van der Waals surface area contributed by atoms with Gasteiger partial charge in [0.15, 0.2) is 0 Å². The van der Waals surface area contributed by atoms with Crippen LogP contribution in [0.25, 0.3) is 0 Å². The highest BCUT2D eigenvalue weighted by molar-refractivity contribution is 5.54. The molecule has 1 aromatic carbocycles. The standard InChI is InChI=1S/C13H12F3N3/c14-13(15,16)9-1-3-10(4-2-9)18-12-17-7-8-19(12)11-5-6-11/h1-4,7-8,11H,5-6H2,(H,17,18). The molecule has 1 saturated carbocycles. The minimum Gasteiger partial charge on any atom is -0.326 e. The van der Waals surface area contributed by atoms with Crippen molar-refractivity contribution in [2.45, 2.75) is 25.1 Å². The van der Waals surface area contributed by atoms with Gasteiger partial charge in [-0.2, -0.15) is 13.2 Å². The topological polar surface area (TPSA) is 29.9 Å². The normalized spacial score (nSPS) is 15.5. The van der Waals surface area contributed by atoms with Crippen molar-refractivity contribution in [1.82, 2.24) is 9.55 Å². The van der Waals surface area contributed by atoms with Crippen molar-refractivity contribution in [3.05, 3.63) is 42.2 Å². The van der Waals surface area contributed by atoms with Crippen LogP contribution in [0.4, 0.5) is 24.8 Å². The summed E-state index contributed by atoms with van der Waals surface area (Å²) in [5, 5.41) is 3.04. The largest absolute Gasteiger partial charge is 0.416 e. The molecule has 0 bridgehead atoms. The van der Waals surface area contributed by atoms with Gasteiger partial charge < -0.3 is 9.88 Å². The molecule has 0 amide bonds. The van der Waals surface area contributed by atoms with Gasteiger partial charge in [-0.05, 0) is 37.1 Å². The van der Waals surface area contributed by atoms with Crippen molar-refractivity contribution >= 4 is 11.6 Å². The summed E-state index contributed by atoms with van der Waals surface area (Å²) in [4.78, 5) is 4.17. The number of imidazole rings is 1. The third-order valence-corrected chi connectivity index (χ3v) is 3.08. The molecule has 100 valence electrons. The van der Waals surface area contributed by atoms with Gasteiger partial charge in [0.05, 0.1) is 5.56 Å². The van der Waals surface area contributed by atoms with Crippen LogP contribution in [-0.4, -0.2) is 9.55 Å². The Hall–Kier alpha value is -1.98. The maximum atomic E-state index is 12.4. The average Bonchev–Trinajstić information content (AvgIpc) is 3.10. The summed E-state index contributed by atoms with van der Waals surface area (Å²) in [6.07, 6.45) is 1.51. The van der Waals surface area contributed by atoms with Gasteiger partial charge in [-0.3, -0.25) is 0 Å². The Morgan fingerprint density at radius 3 is 2.42 bits per heavy atom. The highest BCUT2D eigenvalue weighted by Crippen LogP contribution is 2.37. The van der Waals surface area contributed by atoms with Crippen LogP contribution in [0.5, 0.6) is 0 Å². The van der Waals surface area contributed by atoms with Crippen LogP contribution in [0.1, 0.15) is 24.4 Å². The van der Waals surface area contributed by atoms with E-state index in [0.717, 1.165) is 25.0 Å². The summed E-state index contributed by atoms with van der Waals surface area (Å²) < 4.78 is 39.3. The number of rotatable bonds is 3. The number of anilines is 2. The van der Waals surface area contributed by atoms with Crippen molar-refractivity contribution < 1.29 is 13.2 Å². The van der Waals surface area contributed by atoms with E-state index in [4.69, 9.17) is 0 Å². The zero-order valence-electron chi connectivity index (χ0n) is 9.98.